The molecule has 0 aliphatic carbocycles. The van der Waals surface area contributed by atoms with E-state index in [2.05, 4.69) is 19.2 Å². The number of nitrogens with zero attached hydrogens (tertiary/aromatic N) is 1. The van der Waals surface area contributed by atoms with Crippen molar-refractivity contribution >= 4 is 16.0 Å². The number of hydrogen-bond acceptors (Lipinski definition) is 6. The van der Waals surface area contributed by atoms with Gasteiger partial charge in [-0.15, -0.1) is 0 Å². The van der Waals surface area contributed by atoms with Crippen LogP contribution in [0.4, 0.5) is 0 Å². The molecule has 0 fully saturated rings. The van der Waals surface area contributed by atoms with Crippen molar-refractivity contribution in [1.82, 2.24) is 10.4 Å². The third-order valence-corrected chi connectivity index (χ3v) is 10.6. The normalized spacial score (nSPS) is 13.3. The molecule has 2 atom stereocenters. The summed E-state index contributed by atoms with van der Waals surface area (Å²) in [7, 11) is -4.18. The summed E-state index contributed by atoms with van der Waals surface area (Å²) in [6.45, 7) is 5.16. The maximum absolute atomic E-state index is 13.3. The number of hydroxylamine groups is 2. The van der Waals surface area contributed by atoms with Gasteiger partial charge in [0.1, 0.15) is 6.04 Å². The van der Waals surface area contributed by atoms with E-state index >= 15 is 0 Å². The Labute approximate surface area is 298 Å². The van der Waals surface area contributed by atoms with Crippen LogP contribution in [0.15, 0.2) is 0 Å². The van der Waals surface area contributed by atoms with Crippen molar-refractivity contribution in [3.63, 3.8) is 0 Å². The molecule has 0 aromatic rings. The Kier molecular flexibility index (Phi) is 34.2. The minimum absolute atomic E-state index is 0.116. The molecule has 0 aromatic carbocycles. The van der Waals surface area contributed by atoms with E-state index in [1.165, 1.54) is 153 Å². The third-order valence-electron chi connectivity index (χ3n) is 9.90. The standard InChI is InChI=1S/C39H81N3O5S/c1-3-5-7-9-11-13-15-17-19-21-23-25-27-29-31-37(32-33-40)38(39(43)41-34-36-48(45,46)47)42(44)35-30-28-26-24-22-20-18-16-14-12-10-8-6-4-2/h37-38,44H,3-36,40H2,1-2H3,(H,41,43)(H,45,46,47). The molecule has 9 heteroatoms. The second kappa shape index (κ2) is 34.7. The summed E-state index contributed by atoms with van der Waals surface area (Å²) in [5.74, 6) is -1.05. The molecule has 0 heterocycles. The lowest BCUT2D eigenvalue weighted by Gasteiger charge is -2.32. The van der Waals surface area contributed by atoms with Crippen LogP contribution in [0.25, 0.3) is 0 Å². The van der Waals surface area contributed by atoms with Crippen LogP contribution in [0.3, 0.4) is 0 Å². The molecular weight excluding hydrogens is 623 g/mol. The first kappa shape index (κ1) is 47.3. The van der Waals surface area contributed by atoms with E-state index < -0.39 is 27.8 Å². The Morgan fingerprint density at radius 2 is 0.958 bits per heavy atom. The average Bonchev–Trinajstić information content (AvgIpc) is 3.04. The molecule has 0 bridgehead atoms. The minimum atomic E-state index is -4.18. The van der Waals surface area contributed by atoms with Crippen molar-refractivity contribution in [1.29, 1.82) is 0 Å². The fourth-order valence-electron chi connectivity index (χ4n) is 6.88. The largest absolute Gasteiger partial charge is 0.354 e. The SMILES string of the molecule is CCCCCCCCCCCCCCCCC(CCN)C(C(=O)NCCS(=O)(=O)O)N(O)CCCCCCCCCCCCCCCC. The molecule has 5 N–H and O–H groups in total. The summed E-state index contributed by atoms with van der Waals surface area (Å²) in [4.78, 5) is 13.3. The highest BCUT2D eigenvalue weighted by molar-refractivity contribution is 7.85. The predicted molar refractivity (Wildman–Crippen MR) is 204 cm³/mol. The van der Waals surface area contributed by atoms with Crippen LogP contribution >= 0.6 is 0 Å². The van der Waals surface area contributed by atoms with Gasteiger partial charge in [-0.1, -0.05) is 187 Å². The van der Waals surface area contributed by atoms with Crippen molar-refractivity contribution < 1.29 is 23.0 Å². The van der Waals surface area contributed by atoms with Gasteiger partial charge in [0.05, 0.1) is 5.75 Å². The maximum Gasteiger partial charge on any atom is 0.266 e. The van der Waals surface area contributed by atoms with Gasteiger partial charge in [-0.05, 0) is 31.7 Å². The summed E-state index contributed by atoms with van der Waals surface area (Å²) in [5, 5.41) is 14.9. The molecule has 0 aromatic heterocycles. The summed E-state index contributed by atoms with van der Waals surface area (Å²) in [6, 6.07) is -0.779. The van der Waals surface area contributed by atoms with Gasteiger partial charge in [-0.2, -0.15) is 13.5 Å². The van der Waals surface area contributed by atoms with Crippen molar-refractivity contribution in [2.75, 3.05) is 25.4 Å². The number of nitrogens with one attached hydrogen (secondary N) is 1. The van der Waals surface area contributed by atoms with Gasteiger partial charge < -0.3 is 16.3 Å². The highest BCUT2D eigenvalue weighted by Gasteiger charge is 2.32. The second-order valence-corrected chi connectivity index (χ2v) is 16.1. The quantitative estimate of drug-likeness (QED) is 0.0286. The zero-order valence-electron chi connectivity index (χ0n) is 31.7. The number of carbonyl (C=O) groups excluding carboxylic acids is 1. The van der Waals surface area contributed by atoms with E-state index in [4.69, 9.17) is 10.3 Å². The molecule has 48 heavy (non-hydrogen) atoms. The van der Waals surface area contributed by atoms with Gasteiger partial charge in [0.2, 0.25) is 5.91 Å². The monoisotopic (exact) mass is 704 g/mol. The maximum atomic E-state index is 13.3. The molecule has 0 aliphatic rings. The van der Waals surface area contributed by atoms with Gasteiger partial charge in [-0.25, -0.2) is 0 Å². The van der Waals surface area contributed by atoms with Crippen LogP contribution in [0.5, 0.6) is 0 Å². The topological polar surface area (TPSA) is 133 Å². The molecule has 0 aliphatic heterocycles. The first-order valence-electron chi connectivity index (χ1n) is 20.6. The van der Waals surface area contributed by atoms with Crippen LogP contribution in [0, 0.1) is 5.92 Å². The van der Waals surface area contributed by atoms with E-state index in [0.29, 0.717) is 19.5 Å². The summed E-state index contributed by atoms with van der Waals surface area (Å²) >= 11 is 0. The Hall–Kier alpha value is -0.740. The van der Waals surface area contributed by atoms with Crippen LogP contribution in [-0.2, 0) is 14.9 Å². The average molecular weight is 704 g/mol. The minimum Gasteiger partial charge on any atom is -0.354 e. The van der Waals surface area contributed by atoms with Gasteiger partial charge >= 0.3 is 0 Å². The predicted octanol–water partition coefficient (Wildman–Crippen LogP) is 10.4. The third kappa shape index (κ3) is 31.3. The smallest absolute Gasteiger partial charge is 0.266 e. The molecule has 0 radical (unpaired) electrons. The lowest BCUT2D eigenvalue weighted by atomic mass is 9.89. The van der Waals surface area contributed by atoms with Gasteiger partial charge in [0.25, 0.3) is 10.1 Å². The lowest BCUT2D eigenvalue weighted by Crippen LogP contribution is -2.51. The van der Waals surface area contributed by atoms with Gasteiger partial charge in [-0.3, -0.25) is 9.35 Å². The Morgan fingerprint density at radius 3 is 1.31 bits per heavy atom. The van der Waals surface area contributed by atoms with Crippen molar-refractivity contribution in [2.45, 2.75) is 213 Å². The molecule has 0 spiro atoms. The summed E-state index contributed by atoms with van der Waals surface area (Å²) in [6.07, 6.45) is 37.0. The van der Waals surface area contributed by atoms with Gasteiger partial charge in [0.15, 0.2) is 0 Å². The van der Waals surface area contributed by atoms with E-state index in [1.807, 2.05) is 0 Å². The number of unbranched alkanes of at least 4 members (excludes halogenated alkanes) is 26. The van der Waals surface area contributed by atoms with Crippen LogP contribution in [0.2, 0.25) is 0 Å². The Bertz CT molecular complexity index is 798. The first-order chi connectivity index (χ1) is 23.3. The van der Waals surface area contributed by atoms with Gasteiger partial charge in [0, 0.05) is 13.1 Å². The fraction of sp³-hybridized carbons (Fsp3) is 0.974. The van der Waals surface area contributed by atoms with Crippen LogP contribution < -0.4 is 11.1 Å². The fourth-order valence-corrected chi connectivity index (χ4v) is 7.24. The van der Waals surface area contributed by atoms with Crippen LogP contribution in [-0.4, -0.2) is 60.6 Å². The first-order valence-corrected chi connectivity index (χ1v) is 22.3. The summed E-state index contributed by atoms with van der Waals surface area (Å²) < 4.78 is 31.5. The zero-order chi connectivity index (χ0) is 35.6. The van der Waals surface area contributed by atoms with Crippen molar-refractivity contribution in [3.05, 3.63) is 0 Å². The van der Waals surface area contributed by atoms with E-state index in [-0.39, 0.29) is 12.5 Å². The Balaban J connectivity index is 4.49. The molecule has 8 nitrogen and oxygen atoms in total. The van der Waals surface area contributed by atoms with Crippen LogP contribution in [0.1, 0.15) is 206 Å². The van der Waals surface area contributed by atoms with E-state index in [0.717, 1.165) is 38.5 Å². The number of nitrogens with two attached hydrogens (primary N) is 1. The number of hydrogen-bond donors (Lipinski definition) is 4. The molecular formula is C39H81N3O5S. The number of rotatable bonds is 38. The second-order valence-electron chi connectivity index (χ2n) is 14.5. The van der Waals surface area contributed by atoms with E-state index in [1.54, 1.807) is 0 Å². The Morgan fingerprint density at radius 1 is 0.604 bits per heavy atom. The lowest BCUT2D eigenvalue weighted by molar-refractivity contribution is -0.164. The molecule has 0 saturated heterocycles. The molecule has 1 amide bonds. The van der Waals surface area contributed by atoms with E-state index in [9.17, 15) is 18.4 Å². The zero-order valence-corrected chi connectivity index (χ0v) is 32.6. The molecule has 288 valence electrons. The number of amides is 1. The summed E-state index contributed by atoms with van der Waals surface area (Å²) in [5.41, 5.74) is 5.96. The molecule has 0 saturated carbocycles. The van der Waals surface area contributed by atoms with Crippen molar-refractivity contribution in [3.8, 4) is 0 Å². The number of carbonyl (C=O) groups is 1. The highest BCUT2D eigenvalue weighted by Crippen LogP contribution is 2.23. The van der Waals surface area contributed by atoms with Crippen molar-refractivity contribution in [2.24, 2.45) is 11.7 Å². The highest BCUT2D eigenvalue weighted by atomic mass is 32.2. The molecule has 0 rings (SSSR count). The molecule has 2 unspecified atom stereocenters.